The highest BCUT2D eigenvalue weighted by Crippen LogP contribution is 2.35. The molecule has 0 bridgehead atoms. The first kappa shape index (κ1) is 17.4. The monoisotopic (exact) mass is 406 g/mol. The second kappa shape index (κ2) is 7.02. The molecule has 1 N–H and O–H groups in total. The number of benzene rings is 2. The van der Waals surface area contributed by atoms with Crippen molar-refractivity contribution in [2.24, 2.45) is 0 Å². The van der Waals surface area contributed by atoms with Crippen molar-refractivity contribution in [1.29, 1.82) is 0 Å². The molecule has 2 aromatic heterocycles. The van der Waals surface area contributed by atoms with Gasteiger partial charge in [-0.15, -0.1) is 0 Å². The molecule has 0 unspecified atom stereocenters. The first-order valence-corrected chi connectivity index (χ1v) is 9.61. The minimum absolute atomic E-state index is 0.178. The standard InChI is InChI=1S/C20H14N4O4S/c25-18(22-20-21-14-3-1-2-4-17(14)29-20)10-24-19(26)8-6-13(23-24)12-5-7-15-16(9-12)28-11-27-15/h1-9H,10-11H2,(H,21,22,25). The van der Waals surface area contributed by atoms with Crippen LogP contribution >= 0.6 is 11.3 Å². The van der Waals surface area contributed by atoms with Crippen molar-refractivity contribution < 1.29 is 14.3 Å². The van der Waals surface area contributed by atoms with E-state index < -0.39 is 0 Å². The lowest BCUT2D eigenvalue weighted by molar-refractivity contribution is -0.117. The molecule has 0 radical (unpaired) electrons. The van der Waals surface area contributed by atoms with Crippen LogP contribution in [0.2, 0.25) is 0 Å². The fraction of sp³-hybridized carbons (Fsp3) is 0.100. The van der Waals surface area contributed by atoms with Crippen LogP contribution in [0.1, 0.15) is 0 Å². The van der Waals surface area contributed by atoms with E-state index in [0.717, 1.165) is 20.5 Å². The molecule has 2 aromatic carbocycles. The van der Waals surface area contributed by atoms with Gasteiger partial charge in [-0.3, -0.25) is 9.59 Å². The number of para-hydroxylation sites is 1. The number of anilines is 1. The average molecular weight is 406 g/mol. The maximum Gasteiger partial charge on any atom is 0.267 e. The molecule has 8 nitrogen and oxygen atoms in total. The van der Waals surface area contributed by atoms with E-state index in [0.29, 0.717) is 22.3 Å². The fourth-order valence-electron chi connectivity index (χ4n) is 2.99. The molecule has 5 rings (SSSR count). The van der Waals surface area contributed by atoms with Crippen LogP contribution in [0.3, 0.4) is 0 Å². The van der Waals surface area contributed by atoms with Crippen molar-refractivity contribution in [2.45, 2.75) is 6.54 Å². The summed E-state index contributed by atoms with van der Waals surface area (Å²) in [5.74, 6) is 0.911. The van der Waals surface area contributed by atoms with Crippen LogP contribution in [0.15, 0.2) is 59.4 Å². The Labute approximate surface area is 168 Å². The number of thiazole rings is 1. The zero-order valence-electron chi connectivity index (χ0n) is 15.0. The van der Waals surface area contributed by atoms with Gasteiger partial charge in [-0.1, -0.05) is 23.5 Å². The second-order valence-electron chi connectivity index (χ2n) is 6.32. The van der Waals surface area contributed by atoms with Gasteiger partial charge < -0.3 is 14.8 Å². The summed E-state index contributed by atoms with van der Waals surface area (Å²) in [7, 11) is 0. The van der Waals surface area contributed by atoms with Gasteiger partial charge in [0, 0.05) is 11.6 Å². The number of aromatic nitrogens is 3. The fourth-order valence-corrected chi connectivity index (χ4v) is 3.87. The predicted molar refractivity (Wildman–Crippen MR) is 108 cm³/mol. The molecule has 0 aliphatic carbocycles. The Morgan fingerprint density at radius 3 is 2.86 bits per heavy atom. The maximum absolute atomic E-state index is 12.4. The van der Waals surface area contributed by atoms with Crippen molar-refractivity contribution in [3.05, 3.63) is 65.0 Å². The first-order chi connectivity index (χ1) is 14.2. The largest absolute Gasteiger partial charge is 0.454 e. The van der Waals surface area contributed by atoms with Gasteiger partial charge in [0.25, 0.3) is 5.56 Å². The van der Waals surface area contributed by atoms with Gasteiger partial charge in [-0.2, -0.15) is 5.10 Å². The van der Waals surface area contributed by atoms with E-state index in [1.165, 1.54) is 17.4 Å². The molecule has 0 fully saturated rings. The molecule has 144 valence electrons. The quantitative estimate of drug-likeness (QED) is 0.560. The Morgan fingerprint density at radius 2 is 1.97 bits per heavy atom. The molecule has 0 saturated heterocycles. The number of carbonyl (C=O) groups is 1. The first-order valence-electron chi connectivity index (χ1n) is 8.79. The third-order valence-corrected chi connectivity index (χ3v) is 5.32. The highest BCUT2D eigenvalue weighted by atomic mass is 32.1. The highest BCUT2D eigenvalue weighted by molar-refractivity contribution is 7.22. The van der Waals surface area contributed by atoms with Crippen LogP contribution in [0.5, 0.6) is 11.5 Å². The maximum atomic E-state index is 12.4. The zero-order valence-corrected chi connectivity index (χ0v) is 15.8. The van der Waals surface area contributed by atoms with Crippen molar-refractivity contribution in [2.75, 3.05) is 12.1 Å². The molecule has 1 aliphatic heterocycles. The van der Waals surface area contributed by atoms with Crippen molar-refractivity contribution >= 4 is 32.6 Å². The SMILES string of the molecule is O=C(Cn1nc(-c2ccc3c(c2)OCO3)ccc1=O)Nc1nc2ccccc2s1. The molecule has 3 heterocycles. The van der Waals surface area contributed by atoms with Crippen LogP contribution < -0.4 is 20.3 Å². The Hall–Kier alpha value is -3.72. The summed E-state index contributed by atoms with van der Waals surface area (Å²) >= 11 is 1.38. The lowest BCUT2D eigenvalue weighted by Gasteiger charge is -2.07. The van der Waals surface area contributed by atoms with E-state index in [1.807, 2.05) is 30.3 Å². The number of carbonyl (C=O) groups excluding carboxylic acids is 1. The Bertz CT molecular complexity index is 1260. The third kappa shape index (κ3) is 3.43. The normalized spacial score (nSPS) is 12.3. The van der Waals surface area contributed by atoms with Gasteiger partial charge in [-0.05, 0) is 36.4 Å². The number of hydrogen-bond donors (Lipinski definition) is 1. The average Bonchev–Trinajstić information content (AvgIpc) is 3.34. The molecule has 0 atom stereocenters. The number of nitrogens with one attached hydrogen (secondary N) is 1. The summed E-state index contributed by atoms with van der Waals surface area (Å²) in [5.41, 5.74) is 1.76. The molecule has 29 heavy (non-hydrogen) atoms. The van der Waals surface area contributed by atoms with E-state index in [2.05, 4.69) is 15.4 Å². The summed E-state index contributed by atoms with van der Waals surface area (Å²) < 4.78 is 12.8. The number of rotatable bonds is 4. The van der Waals surface area contributed by atoms with Crippen molar-refractivity contribution in [3.8, 4) is 22.8 Å². The van der Waals surface area contributed by atoms with Crippen LogP contribution in [0, 0.1) is 0 Å². The number of nitrogens with zero attached hydrogens (tertiary/aromatic N) is 3. The van der Waals surface area contributed by atoms with Crippen molar-refractivity contribution in [3.63, 3.8) is 0 Å². The number of hydrogen-bond acceptors (Lipinski definition) is 7. The summed E-state index contributed by atoms with van der Waals surface area (Å²) in [4.78, 5) is 29.0. The van der Waals surface area contributed by atoms with Gasteiger partial charge in [0.1, 0.15) is 6.54 Å². The molecule has 0 spiro atoms. The van der Waals surface area contributed by atoms with E-state index in [-0.39, 0.29) is 24.8 Å². The number of ether oxygens (including phenoxy) is 2. The second-order valence-corrected chi connectivity index (χ2v) is 7.35. The molecular formula is C20H14N4O4S. The Balaban J connectivity index is 1.37. The van der Waals surface area contributed by atoms with Gasteiger partial charge in [0.15, 0.2) is 16.6 Å². The minimum Gasteiger partial charge on any atom is -0.454 e. The van der Waals surface area contributed by atoms with E-state index >= 15 is 0 Å². The van der Waals surface area contributed by atoms with E-state index in [4.69, 9.17) is 9.47 Å². The summed E-state index contributed by atoms with van der Waals surface area (Å²) in [6.45, 7) is -0.0369. The van der Waals surface area contributed by atoms with Gasteiger partial charge in [0.2, 0.25) is 12.7 Å². The predicted octanol–water partition coefficient (Wildman–Crippen LogP) is 2.89. The van der Waals surface area contributed by atoms with Crippen LogP contribution in [-0.2, 0) is 11.3 Å². The van der Waals surface area contributed by atoms with Crippen LogP contribution in [0.4, 0.5) is 5.13 Å². The van der Waals surface area contributed by atoms with Crippen LogP contribution in [0.25, 0.3) is 21.5 Å². The molecule has 0 saturated carbocycles. The molecule has 1 aliphatic rings. The van der Waals surface area contributed by atoms with Gasteiger partial charge in [-0.25, -0.2) is 9.67 Å². The molecule has 1 amide bonds. The van der Waals surface area contributed by atoms with E-state index in [9.17, 15) is 9.59 Å². The zero-order chi connectivity index (χ0) is 19.8. The molecular weight excluding hydrogens is 392 g/mol. The minimum atomic E-state index is -0.374. The summed E-state index contributed by atoms with van der Waals surface area (Å²) in [6, 6.07) is 16.0. The van der Waals surface area contributed by atoms with Gasteiger partial charge in [0.05, 0.1) is 15.9 Å². The lowest BCUT2D eigenvalue weighted by atomic mass is 10.1. The Morgan fingerprint density at radius 1 is 1.10 bits per heavy atom. The summed E-state index contributed by atoms with van der Waals surface area (Å²) in [6.07, 6.45) is 0. The van der Waals surface area contributed by atoms with Gasteiger partial charge >= 0.3 is 0 Å². The van der Waals surface area contributed by atoms with Crippen molar-refractivity contribution in [1.82, 2.24) is 14.8 Å². The number of amides is 1. The third-order valence-electron chi connectivity index (χ3n) is 4.37. The highest BCUT2D eigenvalue weighted by Gasteiger charge is 2.15. The topological polar surface area (TPSA) is 95.3 Å². The lowest BCUT2D eigenvalue weighted by Crippen LogP contribution is -2.29. The van der Waals surface area contributed by atoms with E-state index in [1.54, 1.807) is 18.2 Å². The Kier molecular flexibility index (Phi) is 4.21. The summed E-state index contributed by atoms with van der Waals surface area (Å²) in [5, 5.41) is 7.54. The molecule has 9 heteroatoms. The number of fused-ring (bicyclic) bond motifs is 2. The molecule has 4 aromatic rings. The van der Waals surface area contributed by atoms with Crippen LogP contribution in [-0.4, -0.2) is 27.5 Å². The smallest absolute Gasteiger partial charge is 0.267 e.